The molecule has 1 N–H and O–H groups in total. The summed E-state index contributed by atoms with van der Waals surface area (Å²) in [5, 5.41) is 7.95. The number of nitrogens with zero attached hydrogens (tertiary/aromatic N) is 4. The quantitative estimate of drug-likeness (QED) is 0.661. The molecule has 0 spiro atoms. The zero-order chi connectivity index (χ0) is 16.1. The minimum atomic E-state index is 0.611. The van der Waals surface area contributed by atoms with E-state index >= 15 is 0 Å². The molecular formula is C16H29N5O. The van der Waals surface area contributed by atoms with E-state index in [0.717, 1.165) is 44.5 Å². The van der Waals surface area contributed by atoms with Gasteiger partial charge in [-0.2, -0.15) is 5.10 Å². The molecule has 1 atom stereocenters. The standard InChI is InChI=1S/C16H29N5O/c1-6-22-11-14-7-8-21(10-14)16(17-4)18-9-15-12(2)19-20(5)13(15)3/h14H,6-11H2,1-5H3,(H,17,18). The number of aromatic nitrogens is 2. The van der Waals surface area contributed by atoms with Gasteiger partial charge in [0.15, 0.2) is 5.96 Å². The average molecular weight is 307 g/mol. The number of nitrogens with one attached hydrogen (secondary N) is 1. The number of hydrogen-bond donors (Lipinski definition) is 1. The first-order valence-electron chi connectivity index (χ1n) is 8.09. The van der Waals surface area contributed by atoms with Gasteiger partial charge >= 0.3 is 0 Å². The van der Waals surface area contributed by atoms with Crippen LogP contribution in [0.4, 0.5) is 0 Å². The molecule has 2 heterocycles. The molecule has 1 aromatic heterocycles. The van der Waals surface area contributed by atoms with E-state index in [2.05, 4.69) is 34.2 Å². The van der Waals surface area contributed by atoms with Crippen LogP contribution in [0.25, 0.3) is 0 Å². The van der Waals surface area contributed by atoms with Crippen LogP contribution < -0.4 is 5.32 Å². The summed E-state index contributed by atoms with van der Waals surface area (Å²) >= 11 is 0. The molecule has 6 nitrogen and oxygen atoms in total. The zero-order valence-electron chi connectivity index (χ0n) is 14.5. The Hall–Kier alpha value is -1.56. The molecule has 2 rings (SSSR count). The Kier molecular flexibility index (Phi) is 5.83. The molecule has 1 aromatic rings. The molecular weight excluding hydrogens is 278 g/mol. The Labute approximate surface area is 133 Å². The lowest BCUT2D eigenvalue weighted by Gasteiger charge is -2.22. The molecule has 22 heavy (non-hydrogen) atoms. The Bertz CT molecular complexity index is 523. The van der Waals surface area contributed by atoms with Gasteiger partial charge in [0.05, 0.1) is 12.3 Å². The zero-order valence-corrected chi connectivity index (χ0v) is 14.5. The van der Waals surface area contributed by atoms with E-state index in [4.69, 9.17) is 4.74 Å². The predicted molar refractivity (Wildman–Crippen MR) is 89.1 cm³/mol. The fourth-order valence-corrected chi connectivity index (χ4v) is 3.02. The second-order valence-corrected chi connectivity index (χ2v) is 5.93. The molecule has 1 saturated heterocycles. The van der Waals surface area contributed by atoms with Gasteiger partial charge in [-0.15, -0.1) is 0 Å². The first kappa shape index (κ1) is 16.8. The average Bonchev–Trinajstić information content (AvgIpc) is 3.05. The fourth-order valence-electron chi connectivity index (χ4n) is 3.02. The summed E-state index contributed by atoms with van der Waals surface area (Å²) in [5.41, 5.74) is 3.54. The molecule has 0 aromatic carbocycles. The van der Waals surface area contributed by atoms with E-state index in [-0.39, 0.29) is 0 Å². The van der Waals surface area contributed by atoms with Crippen LogP contribution in [0.1, 0.15) is 30.3 Å². The van der Waals surface area contributed by atoms with Crippen molar-refractivity contribution in [2.24, 2.45) is 18.0 Å². The molecule has 1 unspecified atom stereocenters. The molecule has 1 aliphatic heterocycles. The first-order valence-corrected chi connectivity index (χ1v) is 8.09. The van der Waals surface area contributed by atoms with E-state index in [9.17, 15) is 0 Å². The Morgan fingerprint density at radius 2 is 2.23 bits per heavy atom. The minimum absolute atomic E-state index is 0.611. The monoisotopic (exact) mass is 307 g/mol. The molecule has 0 radical (unpaired) electrons. The van der Waals surface area contributed by atoms with E-state index < -0.39 is 0 Å². The molecule has 124 valence electrons. The van der Waals surface area contributed by atoms with Crippen LogP contribution in [-0.2, 0) is 18.3 Å². The molecule has 0 amide bonds. The molecule has 0 bridgehead atoms. The van der Waals surface area contributed by atoms with Crippen molar-refractivity contribution in [1.29, 1.82) is 0 Å². The Morgan fingerprint density at radius 3 is 2.82 bits per heavy atom. The van der Waals surface area contributed by atoms with Gasteiger partial charge in [-0.05, 0) is 27.2 Å². The third kappa shape index (κ3) is 3.80. The number of guanidine groups is 1. The summed E-state index contributed by atoms with van der Waals surface area (Å²) in [7, 11) is 3.83. The highest BCUT2D eigenvalue weighted by atomic mass is 16.5. The Balaban J connectivity index is 1.91. The van der Waals surface area contributed by atoms with E-state index in [1.807, 2.05) is 25.7 Å². The van der Waals surface area contributed by atoms with Crippen LogP contribution in [0.5, 0.6) is 0 Å². The second kappa shape index (κ2) is 7.63. The van der Waals surface area contributed by atoms with Crippen molar-refractivity contribution in [2.75, 3.05) is 33.4 Å². The van der Waals surface area contributed by atoms with E-state index in [1.165, 1.54) is 17.7 Å². The molecule has 1 aliphatic rings. The highest BCUT2D eigenvalue weighted by Crippen LogP contribution is 2.17. The highest BCUT2D eigenvalue weighted by molar-refractivity contribution is 5.80. The lowest BCUT2D eigenvalue weighted by molar-refractivity contribution is 0.114. The largest absolute Gasteiger partial charge is 0.381 e. The van der Waals surface area contributed by atoms with Crippen LogP contribution in [-0.4, -0.2) is 54.0 Å². The summed E-state index contributed by atoms with van der Waals surface area (Å²) < 4.78 is 7.48. The summed E-state index contributed by atoms with van der Waals surface area (Å²) in [6.45, 7) is 10.7. The van der Waals surface area contributed by atoms with E-state index in [1.54, 1.807) is 0 Å². The summed E-state index contributed by atoms with van der Waals surface area (Å²) in [4.78, 5) is 6.75. The number of aryl methyl sites for hydroxylation is 2. The van der Waals surface area contributed by atoms with Crippen molar-refractivity contribution in [2.45, 2.75) is 33.7 Å². The molecule has 6 heteroatoms. The summed E-state index contributed by atoms with van der Waals surface area (Å²) in [6.07, 6.45) is 1.17. The summed E-state index contributed by atoms with van der Waals surface area (Å²) in [6, 6.07) is 0. The number of ether oxygens (including phenoxy) is 1. The predicted octanol–water partition coefficient (Wildman–Crippen LogP) is 1.47. The van der Waals surface area contributed by atoms with Crippen LogP contribution in [0.15, 0.2) is 4.99 Å². The summed E-state index contributed by atoms with van der Waals surface area (Å²) in [5.74, 6) is 1.59. The van der Waals surface area contributed by atoms with E-state index in [0.29, 0.717) is 5.92 Å². The maximum atomic E-state index is 5.54. The van der Waals surface area contributed by atoms with Crippen LogP contribution >= 0.6 is 0 Å². The number of hydrogen-bond acceptors (Lipinski definition) is 3. The van der Waals surface area contributed by atoms with Gasteiger partial charge in [0.25, 0.3) is 0 Å². The van der Waals surface area contributed by atoms with Gasteiger partial charge in [0, 0.05) is 57.5 Å². The Morgan fingerprint density at radius 1 is 1.45 bits per heavy atom. The van der Waals surface area contributed by atoms with Crippen molar-refractivity contribution in [3.05, 3.63) is 17.0 Å². The van der Waals surface area contributed by atoms with Gasteiger partial charge in [0.1, 0.15) is 0 Å². The SMILES string of the molecule is CCOCC1CCN(C(=NC)NCc2c(C)nn(C)c2C)C1. The van der Waals surface area contributed by atoms with Crippen molar-refractivity contribution >= 4 is 5.96 Å². The van der Waals surface area contributed by atoms with Crippen LogP contribution in [0.3, 0.4) is 0 Å². The molecule has 1 fully saturated rings. The van der Waals surface area contributed by atoms with Gasteiger partial charge in [0.2, 0.25) is 0 Å². The third-order valence-corrected chi connectivity index (χ3v) is 4.44. The number of aliphatic imine (C=N–C) groups is 1. The third-order valence-electron chi connectivity index (χ3n) is 4.44. The molecule has 0 saturated carbocycles. The smallest absolute Gasteiger partial charge is 0.193 e. The number of likely N-dealkylation sites (tertiary alicyclic amines) is 1. The van der Waals surface area contributed by atoms with Gasteiger partial charge in [-0.3, -0.25) is 9.67 Å². The fraction of sp³-hybridized carbons (Fsp3) is 0.750. The van der Waals surface area contributed by atoms with Crippen molar-refractivity contribution in [1.82, 2.24) is 20.0 Å². The lowest BCUT2D eigenvalue weighted by Crippen LogP contribution is -2.40. The van der Waals surface area contributed by atoms with Gasteiger partial charge in [-0.25, -0.2) is 0 Å². The van der Waals surface area contributed by atoms with Crippen molar-refractivity contribution in [3.8, 4) is 0 Å². The van der Waals surface area contributed by atoms with Crippen LogP contribution in [0, 0.1) is 19.8 Å². The minimum Gasteiger partial charge on any atom is -0.381 e. The van der Waals surface area contributed by atoms with Crippen molar-refractivity contribution in [3.63, 3.8) is 0 Å². The number of rotatable bonds is 5. The maximum Gasteiger partial charge on any atom is 0.193 e. The van der Waals surface area contributed by atoms with Gasteiger partial charge in [-0.1, -0.05) is 0 Å². The lowest BCUT2D eigenvalue weighted by atomic mass is 10.1. The highest BCUT2D eigenvalue weighted by Gasteiger charge is 2.25. The first-order chi connectivity index (χ1) is 10.6. The van der Waals surface area contributed by atoms with Crippen molar-refractivity contribution < 1.29 is 4.74 Å². The van der Waals surface area contributed by atoms with Gasteiger partial charge < -0.3 is 15.0 Å². The molecule has 0 aliphatic carbocycles. The second-order valence-electron chi connectivity index (χ2n) is 5.93. The maximum absolute atomic E-state index is 5.54. The topological polar surface area (TPSA) is 54.7 Å². The van der Waals surface area contributed by atoms with Crippen LogP contribution in [0.2, 0.25) is 0 Å². The normalized spacial score (nSPS) is 19.0.